The molecule has 29 heavy (non-hydrogen) atoms. The van der Waals surface area contributed by atoms with E-state index in [1.165, 1.54) is 4.90 Å². The summed E-state index contributed by atoms with van der Waals surface area (Å²) in [5.41, 5.74) is 6.26. The molecule has 2 aromatic carbocycles. The van der Waals surface area contributed by atoms with E-state index >= 15 is 0 Å². The zero-order valence-corrected chi connectivity index (χ0v) is 16.4. The fraction of sp³-hybridized carbons (Fsp3) is 0.391. The molecule has 0 aromatic heterocycles. The van der Waals surface area contributed by atoms with Crippen LogP contribution in [-0.2, 0) is 22.4 Å². The Bertz CT molecular complexity index is 772. The normalized spacial score (nSPS) is 16.6. The molecular weight excluding hydrogens is 368 g/mol. The highest BCUT2D eigenvalue weighted by Crippen LogP contribution is 2.47. The Morgan fingerprint density at radius 2 is 1.28 bits per heavy atom. The second-order valence-corrected chi connectivity index (χ2v) is 7.71. The van der Waals surface area contributed by atoms with Crippen LogP contribution in [0.1, 0.15) is 24.0 Å². The third kappa shape index (κ3) is 4.66. The zero-order valence-electron chi connectivity index (χ0n) is 16.4. The maximum atomic E-state index is 13.5. The molecule has 6 heteroatoms. The van der Waals surface area contributed by atoms with Gasteiger partial charge in [-0.1, -0.05) is 60.7 Å². The number of aliphatic hydroxyl groups excluding tert-OH is 2. The van der Waals surface area contributed by atoms with Crippen molar-refractivity contribution in [2.75, 3.05) is 13.2 Å². The molecule has 1 saturated carbocycles. The summed E-state index contributed by atoms with van der Waals surface area (Å²) in [6, 6.07) is 18.0. The van der Waals surface area contributed by atoms with Gasteiger partial charge in [0.05, 0.1) is 25.3 Å². The van der Waals surface area contributed by atoms with E-state index in [4.69, 9.17) is 5.73 Å². The van der Waals surface area contributed by atoms with Crippen LogP contribution in [0.15, 0.2) is 60.7 Å². The van der Waals surface area contributed by atoms with E-state index in [2.05, 4.69) is 0 Å². The third-order valence-electron chi connectivity index (χ3n) is 5.70. The number of benzene rings is 2. The van der Waals surface area contributed by atoms with Gasteiger partial charge in [-0.15, -0.1) is 0 Å². The molecule has 2 amide bonds. The summed E-state index contributed by atoms with van der Waals surface area (Å²) in [5.74, 6) is -1.03. The molecule has 6 nitrogen and oxygen atoms in total. The molecule has 0 spiro atoms. The lowest BCUT2D eigenvalue weighted by Gasteiger charge is -2.39. The molecular formula is C23H28N2O4. The number of hydrogen-bond donors (Lipinski definition) is 3. The van der Waals surface area contributed by atoms with Gasteiger partial charge in [-0.05, 0) is 36.8 Å². The number of carbonyl (C=O) groups is 2. The van der Waals surface area contributed by atoms with Crippen molar-refractivity contribution < 1.29 is 19.8 Å². The molecule has 154 valence electrons. The Hall–Kier alpha value is -2.70. The van der Waals surface area contributed by atoms with E-state index in [9.17, 15) is 19.8 Å². The van der Waals surface area contributed by atoms with Crippen LogP contribution >= 0.6 is 0 Å². The fourth-order valence-corrected chi connectivity index (χ4v) is 3.84. The Morgan fingerprint density at radius 1 is 0.862 bits per heavy atom. The molecule has 2 atom stereocenters. The monoisotopic (exact) mass is 396 g/mol. The molecule has 0 heterocycles. The van der Waals surface area contributed by atoms with E-state index in [-0.39, 0.29) is 13.2 Å². The van der Waals surface area contributed by atoms with E-state index in [0.717, 1.165) is 11.1 Å². The van der Waals surface area contributed by atoms with Crippen LogP contribution in [0.4, 0.5) is 0 Å². The predicted molar refractivity (Wildman–Crippen MR) is 110 cm³/mol. The minimum absolute atomic E-state index is 0.277. The Morgan fingerprint density at radius 3 is 1.59 bits per heavy atom. The van der Waals surface area contributed by atoms with E-state index < -0.39 is 29.3 Å². The first-order chi connectivity index (χ1) is 14.0. The first-order valence-electron chi connectivity index (χ1n) is 9.94. The van der Waals surface area contributed by atoms with Crippen molar-refractivity contribution in [3.05, 3.63) is 71.8 Å². The standard InChI is InChI=1S/C23H28N2O4/c24-21(28)23(11-12-23)22(29)25(19(15-26)13-17-7-3-1-4-8-17)20(16-27)14-18-9-5-2-6-10-18/h1-10,19-20,26-27H,11-16H2,(H2,24,28)/t19-,20-/m1/s1. The van der Waals surface area contributed by atoms with Gasteiger partial charge in [0.15, 0.2) is 0 Å². The van der Waals surface area contributed by atoms with Gasteiger partial charge >= 0.3 is 0 Å². The van der Waals surface area contributed by atoms with Gasteiger partial charge in [0, 0.05) is 0 Å². The highest BCUT2D eigenvalue weighted by molar-refractivity contribution is 6.07. The van der Waals surface area contributed by atoms with E-state index in [0.29, 0.717) is 25.7 Å². The summed E-state index contributed by atoms with van der Waals surface area (Å²) in [6.45, 7) is -0.554. The van der Waals surface area contributed by atoms with Gasteiger partial charge < -0.3 is 20.8 Å². The second kappa shape index (κ2) is 9.20. The van der Waals surface area contributed by atoms with Gasteiger partial charge in [-0.3, -0.25) is 9.59 Å². The lowest BCUT2D eigenvalue weighted by molar-refractivity contribution is -0.149. The topological polar surface area (TPSA) is 104 Å². The van der Waals surface area contributed by atoms with Crippen LogP contribution in [0.25, 0.3) is 0 Å². The predicted octanol–water partition coefficient (Wildman–Crippen LogP) is 1.29. The summed E-state index contributed by atoms with van der Waals surface area (Å²) in [4.78, 5) is 27.0. The number of carbonyl (C=O) groups excluding carboxylic acids is 2. The van der Waals surface area contributed by atoms with Gasteiger partial charge in [-0.25, -0.2) is 0 Å². The fourth-order valence-electron chi connectivity index (χ4n) is 3.84. The molecule has 0 unspecified atom stereocenters. The highest BCUT2D eigenvalue weighted by atomic mass is 16.3. The van der Waals surface area contributed by atoms with Crippen molar-refractivity contribution in [2.45, 2.75) is 37.8 Å². The maximum absolute atomic E-state index is 13.5. The molecule has 1 aliphatic rings. The van der Waals surface area contributed by atoms with Gasteiger partial charge in [-0.2, -0.15) is 0 Å². The van der Waals surface area contributed by atoms with E-state index in [1.807, 2.05) is 60.7 Å². The zero-order chi connectivity index (χ0) is 20.9. The molecule has 1 aliphatic carbocycles. The van der Waals surface area contributed by atoms with Crippen LogP contribution in [0.2, 0.25) is 0 Å². The van der Waals surface area contributed by atoms with Crippen molar-refractivity contribution >= 4 is 11.8 Å². The summed E-state index contributed by atoms with van der Waals surface area (Å²) in [6.07, 6.45) is 1.65. The first kappa shape index (κ1) is 21.0. The number of aliphatic hydroxyl groups is 2. The van der Waals surface area contributed by atoms with Crippen LogP contribution in [-0.4, -0.2) is 52.2 Å². The number of nitrogens with zero attached hydrogens (tertiary/aromatic N) is 1. The average Bonchev–Trinajstić information content (AvgIpc) is 3.56. The highest BCUT2D eigenvalue weighted by Gasteiger charge is 2.58. The summed E-state index contributed by atoms with van der Waals surface area (Å²) >= 11 is 0. The minimum Gasteiger partial charge on any atom is -0.394 e. The molecule has 1 fully saturated rings. The van der Waals surface area contributed by atoms with Crippen molar-refractivity contribution in [1.29, 1.82) is 0 Å². The van der Waals surface area contributed by atoms with Crippen molar-refractivity contribution in [3.8, 4) is 0 Å². The summed E-state index contributed by atoms with van der Waals surface area (Å²) in [5, 5.41) is 20.3. The number of rotatable bonds is 10. The molecule has 0 saturated heterocycles. The van der Waals surface area contributed by atoms with Crippen molar-refractivity contribution in [3.63, 3.8) is 0 Å². The van der Waals surface area contributed by atoms with Gasteiger partial charge in [0.2, 0.25) is 11.8 Å². The molecule has 2 aromatic rings. The third-order valence-corrected chi connectivity index (χ3v) is 5.70. The quantitative estimate of drug-likeness (QED) is 0.527. The maximum Gasteiger partial charge on any atom is 0.238 e. The van der Waals surface area contributed by atoms with E-state index in [1.54, 1.807) is 0 Å². The number of hydrogen-bond acceptors (Lipinski definition) is 4. The number of primary amides is 1. The van der Waals surface area contributed by atoms with Crippen LogP contribution < -0.4 is 5.73 Å². The second-order valence-electron chi connectivity index (χ2n) is 7.71. The smallest absolute Gasteiger partial charge is 0.238 e. The summed E-state index contributed by atoms with van der Waals surface area (Å²) in [7, 11) is 0. The van der Waals surface area contributed by atoms with Crippen LogP contribution in [0.5, 0.6) is 0 Å². The molecule has 0 radical (unpaired) electrons. The minimum atomic E-state index is -1.21. The van der Waals surface area contributed by atoms with Crippen LogP contribution in [0, 0.1) is 5.41 Å². The van der Waals surface area contributed by atoms with Gasteiger partial charge in [0.25, 0.3) is 0 Å². The lowest BCUT2D eigenvalue weighted by Crippen LogP contribution is -2.56. The lowest BCUT2D eigenvalue weighted by atomic mass is 9.95. The first-order valence-corrected chi connectivity index (χ1v) is 9.94. The van der Waals surface area contributed by atoms with Gasteiger partial charge in [0.1, 0.15) is 5.41 Å². The Labute approximate surface area is 171 Å². The molecule has 0 aliphatic heterocycles. The average molecular weight is 396 g/mol. The molecule has 3 rings (SSSR count). The molecule has 0 bridgehead atoms. The summed E-state index contributed by atoms with van der Waals surface area (Å²) < 4.78 is 0. The molecule has 4 N–H and O–H groups in total. The number of nitrogens with two attached hydrogens (primary N) is 1. The Balaban J connectivity index is 1.93. The number of amides is 2. The van der Waals surface area contributed by atoms with Crippen molar-refractivity contribution in [1.82, 2.24) is 4.90 Å². The van der Waals surface area contributed by atoms with Crippen LogP contribution in [0.3, 0.4) is 0 Å². The Kier molecular flexibility index (Phi) is 6.67. The van der Waals surface area contributed by atoms with Crippen molar-refractivity contribution in [2.24, 2.45) is 11.1 Å². The largest absolute Gasteiger partial charge is 0.394 e. The SMILES string of the molecule is NC(=O)C1(C(=O)N([C@@H](CO)Cc2ccccc2)[C@@H](CO)Cc2ccccc2)CC1.